The minimum absolute atomic E-state index is 0.0802. The van der Waals surface area contributed by atoms with E-state index in [4.69, 9.17) is 9.47 Å². The number of hydrogen-bond acceptors (Lipinski definition) is 3. The molecule has 0 fully saturated rings. The van der Waals surface area contributed by atoms with Crippen LogP contribution in [0.4, 0.5) is 0 Å². The Morgan fingerprint density at radius 2 is 2.05 bits per heavy atom. The van der Waals surface area contributed by atoms with Gasteiger partial charge in [-0.05, 0) is 44.0 Å². The SMILES string of the molecule is CCCNCC(OC(C)CC)c1cccc(OC)c1. The van der Waals surface area contributed by atoms with Crippen LogP contribution < -0.4 is 10.1 Å². The van der Waals surface area contributed by atoms with E-state index in [0.29, 0.717) is 0 Å². The van der Waals surface area contributed by atoms with Crippen molar-refractivity contribution < 1.29 is 9.47 Å². The van der Waals surface area contributed by atoms with Crippen molar-refractivity contribution in [1.82, 2.24) is 5.32 Å². The molecular formula is C16H27NO2. The Bertz CT molecular complexity index is 354. The van der Waals surface area contributed by atoms with Crippen LogP contribution in [0.1, 0.15) is 45.3 Å². The number of nitrogens with one attached hydrogen (secondary N) is 1. The molecule has 1 rings (SSSR count). The zero-order valence-electron chi connectivity index (χ0n) is 12.6. The summed E-state index contributed by atoms with van der Waals surface area (Å²) in [6.07, 6.45) is 2.50. The van der Waals surface area contributed by atoms with Crippen LogP contribution in [0, 0.1) is 0 Å². The van der Waals surface area contributed by atoms with E-state index in [2.05, 4.69) is 38.2 Å². The zero-order valence-corrected chi connectivity index (χ0v) is 12.6. The van der Waals surface area contributed by atoms with Gasteiger partial charge in [-0.2, -0.15) is 0 Å². The smallest absolute Gasteiger partial charge is 0.119 e. The summed E-state index contributed by atoms with van der Waals surface area (Å²) in [7, 11) is 1.69. The highest BCUT2D eigenvalue weighted by atomic mass is 16.5. The van der Waals surface area contributed by atoms with Crippen molar-refractivity contribution in [3.05, 3.63) is 29.8 Å². The molecule has 0 saturated carbocycles. The quantitative estimate of drug-likeness (QED) is 0.693. The molecule has 2 atom stereocenters. The van der Waals surface area contributed by atoms with Gasteiger partial charge in [-0.25, -0.2) is 0 Å². The fourth-order valence-electron chi connectivity index (χ4n) is 1.87. The summed E-state index contributed by atoms with van der Waals surface area (Å²) in [6.45, 7) is 8.29. The molecule has 19 heavy (non-hydrogen) atoms. The molecule has 0 spiro atoms. The summed E-state index contributed by atoms with van der Waals surface area (Å²) in [6, 6.07) is 8.13. The van der Waals surface area contributed by atoms with Gasteiger partial charge in [0.2, 0.25) is 0 Å². The third-order valence-corrected chi connectivity index (χ3v) is 3.19. The van der Waals surface area contributed by atoms with Gasteiger partial charge in [-0.15, -0.1) is 0 Å². The zero-order chi connectivity index (χ0) is 14.1. The highest BCUT2D eigenvalue weighted by Gasteiger charge is 2.15. The van der Waals surface area contributed by atoms with Gasteiger partial charge in [0.25, 0.3) is 0 Å². The standard InChI is InChI=1S/C16H27NO2/c1-5-10-17-12-16(19-13(3)6-2)14-8-7-9-15(11-14)18-4/h7-9,11,13,16-17H,5-6,10,12H2,1-4H3. The van der Waals surface area contributed by atoms with Gasteiger partial charge in [-0.3, -0.25) is 0 Å². The molecule has 0 aromatic heterocycles. The Morgan fingerprint density at radius 1 is 1.26 bits per heavy atom. The first kappa shape index (κ1) is 16.0. The van der Waals surface area contributed by atoms with E-state index in [-0.39, 0.29) is 12.2 Å². The van der Waals surface area contributed by atoms with Crippen molar-refractivity contribution in [2.24, 2.45) is 0 Å². The molecule has 0 aliphatic carbocycles. The molecule has 108 valence electrons. The monoisotopic (exact) mass is 265 g/mol. The lowest BCUT2D eigenvalue weighted by atomic mass is 10.1. The first-order valence-electron chi connectivity index (χ1n) is 7.21. The lowest BCUT2D eigenvalue weighted by Gasteiger charge is -2.23. The van der Waals surface area contributed by atoms with Crippen LogP contribution in [0.5, 0.6) is 5.75 Å². The highest BCUT2D eigenvalue weighted by Crippen LogP contribution is 2.23. The molecule has 0 aliphatic rings. The van der Waals surface area contributed by atoms with Crippen molar-refractivity contribution in [3.8, 4) is 5.75 Å². The minimum Gasteiger partial charge on any atom is -0.497 e. The molecule has 0 heterocycles. The van der Waals surface area contributed by atoms with Crippen LogP contribution in [-0.4, -0.2) is 26.3 Å². The minimum atomic E-state index is 0.0802. The first-order valence-corrected chi connectivity index (χ1v) is 7.21. The lowest BCUT2D eigenvalue weighted by Crippen LogP contribution is -2.26. The maximum Gasteiger partial charge on any atom is 0.119 e. The normalized spacial score (nSPS) is 14.1. The third kappa shape index (κ3) is 5.62. The Labute approximate surface area is 117 Å². The molecule has 2 unspecified atom stereocenters. The second-order valence-corrected chi connectivity index (χ2v) is 4.82. The maximum atomic E-state index is 6.11. The van der Waals surface area contributed by atoms with Gasteiger partial charge in [0.05, 0.1) is 19.3 Å². The van der Waals surface area contributed by atoms with Crippen molar-refractivity contribution in [2.75, 3.05) is 20.2 Å². The number of rotatable bonds is 9. The van der Waals surface area contributed by atoms with Crippen molar-refractivity contribution >= 4 is 0 Å². The largest absolute Gasteiger partial charge is 0.497 e. The van der Waals surface area contributed by atoms with E-state index in [1.54, 1.807) is 7.11 Å². The topological polar surface area (TPSA) is 30.5 Å². The highest BCUT2D eigenvalue weighted by molar-refractivity contribution is 5.30. The fraction of sp³-hybridized carbons (Fsp3) is 0.625. The van der Waals surface area contributed by atoms with Gasteiger partial charge >= 0.3 is 0 Å². The predicted octanol–water partition coefficient (Wildman–Crippen LogP) is 3.55. The van der Waals surface area contributed by atoms with E-state index in [1.807, 2.05) is 12.1 Å². The lowest BCUT2D eigenvalue weighted by molar-refractivity contribution is -0.00449. The summed E-state index contributed by atoms with van der Waals surface area (Å²) in [4.78, 5) is 0. The van der Waals surface area contributed by atoms with Crippen LogP contribution >= 0.6 is 0 Å². The van der Waals surface area contributed by atoms with Crippen molar-refractivity contribution in [1.29, 1.82) is 0 Å². The average molecular weight is 265 g/mol. The predicted molar refractivity (Wildman–Crippen MR) is 79.7 cm³/mol. The van der Waals surface area contributed by atoms with Crippen LogP contribution in [0.25, 0.3) is 0 Å². The maximum absolute atomic E-state index is 6.11. The summed E-state index contributed by atoms with van der Waals surface area (Å²) in [5.41, 5.74) is 1.17. The number of ether oxygens (including phenoxy) is 2. The molecule has 3 heteroatoms. The van der Waals surface area contributed by atoms with Crippen LogP contribution in [0.15, 0.2) is 24.3 Å². The van der Waals surface area contributed by atoms with Gasteiger partial charge in [0.15, 0.2) is 0 Å². The molecule has 0 aliphatic heterocycles. The Balaban J connectivity index is 2.74. The fourth-order valence-corrected chi connectivity index (χ4v) is 1.87. The first-order chi connectivity index (χ1) is 9.21. The molecule has 0 amide bonds. The molecule has 3 nitrogen and oxygen atoms in total. The van der Waals surface area contributed by atoms with E-state index < -0.39 is 0 Å². The van der Waals surface area contributed by atoms with Crippen LogP contribution in [0.3, 0.4) is 0 Å². The molecule has 0 saturated heterocycles. The second kappa shape index (κ2) is 8.94. The van der Waals surface area contributed by atoms with Crippen molar-refractivity contribution in [3.63, 3.8) is 0 Å². The average Bonchev–Trinajstić information content (AvgIpc) is 2.46. The van der Waals surface area contributed by atoms with E-state index in [9.17, 15) is 0 Å². The number of methoxy groups -OCH3 is 1. The molecule has 0 bridgehead atoms. The van der Waals surface area contributed by atoms with E-state index >= 15 is 0 Å². The molecular weight excluding hydrogens is 238 g/mol. The van der Waals surface area contributed by atoms with Gasteiger partial charge in [-0.1, -0.05) is 26.0 Å². The molecule has 1 aromatic rings. The van der Waals surface area contributed by atoms with E-state index in [0.717, 1.165) is 31.7 Å². The molecule has 1 aromatic carbocycles. The van der Waals surface area contributed by atoms with E-state index in [1.165, 1.54) is 5.56 Å². The Hall–Kier alpha value is -1.06. The van der Waals surface area contributed by atoms with Gasteiger partial charge in [0, 0.05) is 6.54 Å². The second-order valence-electron chi connectivity index (χ2n) is 4.82. The van der Waals surface area contributed by atoms with Gasteiger partial charge in [0.1, 0.15) is 5.75 Å². The summed E-state index contributed by atoms with van der Waals surface area (Å²) in [5, 5.41) is 3.43. The summed E-state index contributed by atoms with van der Waals surface area (Å²) in [5.74, 6) is 0.880. The molecule has 1 N–H and O–H groups in total. The summed E-state index contributed by atoms with van der Waals surface area (Å²) < 4.78 is 11.4. The van der Waals surface area contributed by atoms with Crippen molar-refractivity contribution in [2.45, 2.75) is 45.8 Å². The number of benzene rings is 1. The molecule has 0 radical (unpaired) electrons. The summed E-state index contributed by atoms with van der Waals surface area (Å²) >= 11 is 0. The van der Waals surface area contributed by atoms with Gasteiger partial charge < -0.3 is 14.8 Å². The van der Waals surface area contributed by atoms with Crippen LogP contribution in [0.2, 0.25) is 0 Å². The number of hydrogen-bond donors (Lipinski definition) is 1. The van der Waals surface area contributed by atoms with Crippen LogP contribution in [-0.2, 0) is 4.74 Å². The Kier molecular flexibility index (Phi) is 7.53. The third-order valence-electron chi connectivity index (χ3n) is 3.19. The Morgan fingerprint density at radius 3 is 2.68 bits per heavy atom.